The van der Waals surface area contributed by atoms with Crippen LogP contribution < -0.4 is 4.74 Å². The minimum Gasteiger partial charge on any atom is -0.496 e. The zero-order chi connectivity index (χ0) is 11.1. The molecule has 3 rings (SSSR count). The van der Waals surface area contributed by atoms with Crippen LogP contribution in [0.2, 0.25) is 0 Å². The molecule has 3 aromatic rings. The van der Waals surface area contributed by atoms with E-state index in [0.717, 1.165) is 21.7 Å². The standard InChI is InChI=1S/C13H11NOS/c1-8-14-13-10-6-4-3-5-9(10)11(15-2)7-12(13)16-8/h3-7H,1-2H3. The van der Waals surface area contributed by atoms with Crippen LogP contribution in [0.5, 0.6) is 5.75 Å². The number of aromatic nitrogens is 1. The molecule has 0 aliphatic rings. The van der Waals surface area contributed by atoms with E-state index in [9.17, 15) is 0 Å². The van der Waals surface area contributed by atoms with Gasteiger partial charge in [-0.05, 0) is 6.92 Å². The molecule has 2 nitrogen and oxygen atoms in total. The number of hydrogen-bond donors (Lipinski definition) is 0. The van der Waals surface area contributed by atoms with Crippen LogP contribution in [0, 0.1) is 6.92 Å². The predicted octanol–water partition coefficient (Wildman–Crippen LogP) is 3.77. The first-order valence-electron chi connectivity index (χ1n) is 5.12. The van der Waals surface area contributed by atoms with Gasteiger partial charge in [0.2, 0.25) is 0 Å². The summed E-state index contributed by atoms with van der Waals surface area (Å²) in [5, 5.41) is 3.39. The molecule has 0 unspecified atom stereocenters. The van der Waals surface area contributed by atoms with Gasteiger partial charge in [0, 0.05) is 16.8 Å². The highest BCUT2D eigenvalue weighted by Crippen LogP contribution is 2.35. The first kappa shape index (κ1) is 9.60. The number of ether oxygens (including phenoxy) is 1. The van der Waals surface area contributed by atoms with E-state index < -0.39 is 0 Å². The number of thiazole rings is 1. The van der Waals surface area contributed by atoms with Gasteiger partial charge in [-0.25, -0.2) is 4.98 Å². The third kappa shape index (κ3) is 1.28. The van der Waals surface area contributed by atoms with Crippen molar-refractivity contribution in [2.45, 2.75) is 6.92 Å². The molecule has 0 aliphatic heterocycles. The number of benzene rings is 2. The van der Waals surface area contributed by atoms with Crippen molar-refractivity contribution >= 4 is 32.3 Å². The normalized spacial score (nSPS) is 11.1. The van der Waals surface area contributed by atoms with Crippen molar-refractivity contribution in [2.24, 2.45) is 0 Å². The molecule has 0 amide bonds. The molecule has 80 valence electrons. The van der Waals surface area contributed by atoms with Crippen molar-refractivity contribution in [3.8, 4) is 5.75 Å². The van der Waals surface area contributed by atoms with Crippen LogP contribution in [-0.2, 0) is 0 Å². The maximum atomic E-state index is 5.42. The first-order chi connectivity index (χ1) is 7.79. The van der Waals surface area contributed by atoms with E-state index in [1.165, 1.54) is 10.1 Å². The number of hydrogen-bond acceptors (Lipinski definition) is 3. The lowest BCUT2D eigenvalue weighted by atomic mass is 10.1. The topological polar surface area (TPSA) is 22.1 Å². The maximum absolute atomic E-state index is 5.42. The van der Waals surface area contributed by atoms with E-state index in [1.54, 1.807) is 18.4 Å². The summed E-state index contributed by atoms with van der Waals surface area (Å²) in [6, 6.07) is 10.3. The summed E-state index contributed by atoms with van der Waals surface area (Å²) in [4.78, 5) is 4.58. The SMILES string of the molecule is COc1cc2sc(C)nc2c2ccccc12. The molecular weight excluding hydrogens is 218 g/mol. The average molecular weight is 229 g/mol. The first-order valence-corrected chi connectivity index (χ1v) is 5.94. The van der Waals surface area contributed by atoms with Crippen molar-refractivity contribution in [3.05, 3.63) is 35.3 Å². The Balaban J connectivity index is 2.56. The van der Waals surface area contributed by atoms with Gasteiger partial charge in [0.25, 0.3) is 0 Å². The molecule has 0 atom stereocenters. The minimum atomic E-state index is 0.923. The van der Waals surface area contributed by atoms with Crippen molar-refractivity contribution in [3.63, 3.8) is 0 Å². The van der Waals surface area contributed by atoms with Gasteiger partial charge in [-0.15, -0.1) is 11.3 Å². The van der Waals surface area contributed by atoms with Crippen LogP contribution in [0.15, 0.2) is 30.3 Å². The molecule has 0 spiro atoms. The Hall–Kier alpha value is -1.61. The van der Waals surface area contributed by atoms with E-state index in [4.69, 9.17) is 4.74 Å². The quantitative estimate of drug-likeness (QED) is 0.633. The molecule has 0 bridgehead atoms. The van der Waals surface area contributed by atoms with E-state index in [0.29, 0.717) is 0 Å². The molecule has 1 heterocycles. The predicted molar refractivity (Wildman–Crippen MR) is 68.4 cm³/mol. The Bertz CT molecular complexity index is 672. The number of aryl methyl sites for hydroxylation is 1. The Kier molecular flexibility index (Phi) is 2.07. The Morgan fingerprint density at radius 1 is 1.19 bits per heavy atom. The van der Waals surface area contributed by atoms with Crippen molar-refractivity contribution < 1.29 is 4.74 Å². The second-order valence-electron chi connectivity index (χ2n) is 3.70. The van der Waals surface area contributed by atoms with Crippen molar-refractivity contribution in [1.29, 1.82) is 0 Å². The Morgan fingerprint density at radius 3 is 2.69 bits per heavy atom. The van der Waals surface area contributed by atoms with Gasteiger partial charge < -0.3 is 4.74 Å². The fourth-order valence-electron chi connectivity index (χ4n) is 2.00. The second kappa shape index (κ2) is 3.46. The summed E-state index contributed by atoms with van der Waals surface area (Å²) in [5.74, 6) is 0.923. The minimum absolute atomic E-state index is 0.923. The number of methoxy groups -OCH3 is 1. The van der Waals surface area contributed by atoms with E-state index in [2.05, 4.69) is 23.2 Å². The molecule has 3 heteroatoms. The molecule has 2 aromatic carbocycles. The smallest absolute Gasteiger partial charge is 0.128 e. The van der Waals surface area contributed by atoms with Crippen molar-refractivity contribution in [2.75, 3.05) is 7.11 Å². The third-order valence-electron chi connectivity index (χ3n) is 2.69. The number of nitrogens with zero attached hydrogens (tertiary/aromatic N) is 1. The monoisotopic (exact) mass is 229 g/mol. The molecule has 0 saturated carbocycles. The highest BCUT2D eigenvalue weighted by molar-refractivity contribution is 7.18. The zero-order valence-corrected chi connectivity index (χ0v) is 9.97. The van der Waals surface area contributed by atoms with Gasteiger partial charge in [-0.1, -0.05) is 24.3 Å². The molecular formula is C13H11NOS. The highest BCUT2D eigenvalue weighted by Gasteiger charge is 2.09. The van der Waals surface area contributed by atoms with Gasteiger partial charge in [-0.2, -0.15) is 0 Å². The van der Waals surface area contributed by atoms with Crippen molar-refractivity contribution in [1.82, 2.24) is 4.98 Å². The van der Waals surface area contributed by atoms with E-state index >= 15 is 0 Å². The molecule has 16 heavy (non-hydrogen) atoms. The molecule has 0 radical (unpaired) electrons. The largest absolute Gasteiger partial charge is 0.496 e. The lowest BCUT2D eigenvalue weighted by Crippen LogP contribution is -1.85. The van der Waals surface area contributed by atoms with Crippen LogP contribution in [-0.4, -0.2) is 12.1 Å². The van der Waals surface area contributed by atoms with Gasteiger partial charge in [-0.3, -0.25) is 0 Å². The van der Waals surface area contributed by atoms with E-state index in [-0.39, 0.29) is 0 Å². The summed E-state index contributed by atoms with van der Waals surface area (Å²) in [5.41, 5.74) is 1.08. The number of rotatable bonds is 1. The van der Waals surface area contributed by atoms with Crippen LogP contribution in [0.1, 0.15) is 5.01 Å². The second-order valence-corrected chi connectivity index (χ2v) is 4.94. The van der Waals surface area contributed by atoms with Gasteiger partial charge in [0.15, 0.2) is 0 Å². The molecule has 0 saturated heterocycles. The van der Waals surface area contributed by atoms with Crippen LogP contribution in [0.25, 0.3) is 21.0 Å². The van der Waals surface area contributed by atoms with Crippen LogP contribution in [0.3, 0.4) is 0 Å². The molecule has 0 fully saturated rings. The third-order valence-corrected chi connectivity index (χ3v) is 3.61. The van der Waals surface area contributed by atoms with Gasteiger partial charge in [0.1, 0.15) is 5.75 Å². The highest BCUT2D eigenvalue weighted by atomic mass is 32.1. The average Bonchev–Trinajstić information content (AvgIpc) is 2.68. The van der Waals surface area contributed by atoms with Gasteiger partial charge in [0.05, 0.1) is 22.3 Å². The summed E-state index contributed by atoms with van der Waals surface area (Å²) in [6.07, 6.45) is 0. The summed E-state index contributed by atoms with van der Waals surface area (Å²) in [7, 11) is 1.71. The van der Waals surface area contributed by atoms with Crippen LogP contribution in [0.4, 0.5) is 0 Å². The van der Waals surface area contributed by atoms with Gasteiger partial charge >= 0.3 is 0 Å². The molecule has 0 aliphatic carbocycles. The van der Waals surface area contributed by atoms with Crippen LogP contribution >= 0.6 is 11.3 Å². The molecule has 0 N–H and O–H groups in total. The maximum Gasteiger partial charge on any atom is 0.128 e. The lowest BCUT2D eigenvalue weighted by molar-refractivity contribution is 0.420. The Labute approximate surface area is 97.5 Å². The van der Waals surface area contributed by atoms with E-state index in [1.807, 2.05) is 19.1 Å². The zero-order valence-electron chi connectivity index (χ0n) is 9.15. The summed E-state index contributed by atoms with van der Waals surface area (Å²) >= 11 is 1.71. The fraction of sp³-hybridized carbons (Fsp3) is 0.154. The summed E-state index contributed by atoms with van der Waals surface area (Å²) < 4.78 is 6.61. The fourth-order valence-corrected chi connectivity index (χ4v) is 2.88. The number of fused-ring (bicyclic) bond motifs is 3. The lowest BCUT2D eigenvalue weighted by Gasteiger charge is -2.05. The molecule has 1 aromatic heterocycles. The Morgan fingerprint density at radius 2 is 1.94 bits per heavy atom. The summed E-state index contributed by atoms with van der Waals surface area (Å²) in [6.45, 7) is 2.03.